The zero-order valence-electron chi connectivity index (χ0n) is 8.40. The highest BCUT2D eigenvalue weighted by Crippen LogP contribution is 2.23. The molecule has 0 amide bonds. The van der Waals surface area contributed by atoms with Gasteiger partial charge in [0.1, 0.15) is 0 Å². The van der Waals surface area contributed by atoms with E-state index in [0.717, 1.165) is 17.5 Å². The highest BCUT2D eigenvalue weighted by atomic mass is 32.1. The number of carbonyl (C=O) groups is 1. The average molecular weight is 222 g/mol. The summed E-state index contributed by atoms with van der Waals surface area (Å²) in [4.78, 5) is 22.9. The van der Waals surface area contributed by atoms with Gasteiger partial charge in [-0.1, -0.05) is 0 Å². The molecule has 2 rings (SSSR count). The maximum atomic E-state index is 11.7. The summed E-state index contributed by atoms with van der Waals surface area (Å²) in [6.45, 7) is 1.84. The third-order valence-corrected chi connectivity index (χ3v) is 3.11. The Morgan fingerprint density at radius 3 is 2.73 bits per heavy atom. The minimum Gasteiger partial charge on any atom is -0.300 e. The van der Waals surface area contributed by atoms with Crippen LogP contribution in [0.15, 0.2) is 16.2 Å². The Morgan fingerprint density at radius 2 is 2.27 bits per heavy atom. The predicted molar refractivity (Wildman–Crippen MR) is 59.5 cm³/mol. The van der Waals surface area contributed by atoms with Gasteiger partial charge in [-0.15, -0.1) is 11.3 Å². The van der Waals surface area contributed by atoms with E-state index in [0.29, 0.717) is 10.4 Å². The fourth-order valence-electron chi connectivity index (χ4n) is 1.57. The van der Waals surface area contributed by atoms with Gasteiger partial charge < -0.3 is 0 Å². The second-order valence-corrected chi connectivity index (χ2v) is 4.27. The summed E-state index contributed by atoms with van der Waals surface area (Å²) in [7, 11) is 1.67. The van der Waals surface area contributed by atoms with Gasteiger partial charge in [-0.2, -0.15) is 0 Å². The van der Waals surface area contributed by atoms with Gasteiger partial charge in [0.25, 0.3) is 5.56 Å². The van der Waals surface area contributed by atoms with Crippen molar-refractivity contribution in [3.63, 3.8) is 0 Å². The number of nitrogens with zero attached hydrogens (tertiary/aromatic N) is 1. The summed E-state index contributed by atoms with van der Waals surface area (Å²) in [5.41, 5.74) is 2.20. The number of aldehydes is 1. The Kier molecular flexibility index (Phi) is 2.32. The number of aryl methyl sites for hydroxylation is 2. The van der Waals surface area contributed by atoms with Crippen LogP contribution in [0.3, 0.4) is 0 Å². The Hall–Kier alpha value is -1.62. The monoisotopic (exact) mass is 222 g/mol. The predicted octanol–water partition coefficient (Wildman–Crippen LogP) is 1.56. The molecule has 5 heteroatoms. The van der Waals surface area contributed by atoms with Crippen LogP contribution >= 0.6 is 11.3 Å². The molecule has 0 aliphatic carbocycles. The molecule has 0 radical (unpaired) electrons. The third kappa shape index (κ3) is 1.55. The number of aromatic nitrogens is 2. The van der Waals surface area contributed by atoms with Crippen LogP contribution in [0.1, 0.15) is 15.4 Å². The van der Waals surface area contributed by atoms with Gasteiger partial charge >= 0.3 is 0 Å². The summed E-state index contributed by atoms with van der Waals surface area (Å²) in [6, 6.07) is 1.73. The SMILES string of the molecule is Cc1[nH]n(C)c(=O)c1-c1csc(C=O)c1. The van der Waals surface area contributed by atoms with Crippen LogP contribution < -0.4 is 5.56 Å². The lowest BCUT2D eigenvalue weighted by Gasteiger charge is -1.90. The smallest absolute Gasteiger partial charge is 0.274 e. The Bertz CT molecular complexity index is 562. The van der Waals surface area contributed by atoms with Gasteiger partial charge in [0.05, 0.1) is 10.4 Å². The van der Waals surface area contributed by atoms with E-state index in [4.69, 9.17) is 0 Å². The topological polar surface area (TPSA) is 54.9 Å². The van der Waals surface area contributed by atoms with Crippen LogP contribution in [-0.4, -0.2) is 16.1 Å². The van der Waals surface area contributed by atoms with Crippen molar-refractivity contribution in [3.05, 3.63) is 32.4 Å². The molecular weight excluding hydrogens is 212 g/mol. The fraction of sp³-hybridized carbons (Fsp3) is 0.200. The maximum absolute atomic E-state index is 11.7. The number of hydrogen-bond acceptors (Lipinski definition) is 3. The second kappa shape index (κ2) is 3.51. The molecule has 0 aromatic carbocycles. The molecule has 0 aliphatic heterocycles. The molecule has 0 unspecified atom stereocenters. The first-order valence-corrected chi connectivity index (χ1v) is 5.31. The molecule has 2 aromatic rings. The molecule has 0 saturated heterocycles. The van der Waals surface area contributed by atoms with Crippen LogP contribution in [0, 0.1) is 6.92 Å². The Balaban J connectivity index is 2.63. The summed E-state index contributed by atoms with van der Waals surface area (Å²) in [5, 5.41) is 4.74. The molecule has 2 aromatic heterocycles. The van der Waals surface area contributed by atoms with Gasteiger partial charge in [-0.25, -0.2) is 0 Å². The zero-order valence-corrected chi connectivity index (χ0v) is 9.22. The molecule has 15 heavy (non-hydrogen) atoms. The Morgan fingerprint density at radius 1 is 1.53 bits per heavy atom. The van der Waals surface area contributed by atoms with Crippen molar-refractivity contribution < 1.29 is 4.79 Å². The van der Waals surface area contributed by atoms with Crippen LogP contribution in [-0.2, 0) is 7.05 Å². The van der Waals surface area contributed by atoms with Crippen LogP contribution in [0.5, 0.6) is 0 Å². The van der Waals surface area contributed by atoms with Gasteiger partial charge in [-0.05, 0) is 18.4 Å². The standard InChI is InChI=1S/C10H10N2O2S/c1-6-9(10(14)12(2)11-6)7-3-8(4-13)15-5-7/h3-5,11H,1-2H3. The molecule has 0 spiro atoms. The van der Waals surface area contributed by atoms with Gasteiger partial charge in [0, 0.05) is 18.3 Å². The van der Waals surface area contributed by atoms with Crippen molar-refractivity contribution in [3.8, 4) is 11.1 Å². The van der Waals surface area contributed by atoms with Crippen molar-refractivity contribution >= 4 is 17.6 Å². The molecule has 0 aliphatic rings. The second-order valence-electron chi connectivity index (χ2n) is 3.33. The summed E-state index contributed by atoms with van der Waals surface area (Å²) >= 11 is 1.34. The van der Waals surface area contributed by atoms with Crippen LogP contribution in [0.4, 0.5) is 0 Å². The lowest BCUT2D eigenvalue weighted by Crippen LogP contribution is -2.12. The van der Waals surface area contributed by atoms with Crippen molar-refractivity contribution in [2.45, 2.75) is 6.92 Å². The van der Waals surface area contributed by atoms with E-state index in [1.807, 2.05) is 12.3 Å². The van der Waals surface area contributed by atoms with Crippen molar-refractivity contribution in [1.82, 2.24) is 9.78 Å². The van der Waals surface area contributed by atoms with E-state index in [1.165, 1.54) is 16.0 Å². The van der Waals surface area contributed by atoms with Crippen molar-refractivity contribution in [2.75, 3.05) is 0 Å². The normalized spacial score (nSPS) is 10.5. The molecule has 0 fully saturated rings. The lowest BCUT2D eigenvalue weighted by atomic mass is 10.1. The first-order valence-electron chi connectivity index (χ1n) is 4.43. The highest BCUT2D eigenvalue weighted by molar-refractivity contribution is 7.12. The molecule has 0 saturated carbocycles. The first-order chi connectivity index (χ1) is 7.13. The van der Waals surface area contributed by atoms with Gasteiger partial charge in [-0.3, -0.25) is 19.4 Å². The highest BCUT2D eigenvalue weighted by Gasteiger charge is 2.12. The fourth-order valence-corrected chi connectivity index (χ4v) is 2.27. The first kappa shape index (κ1) is 9.92. The Labute approximate surface area is 90.2 Å². The van der Waals surface area contributed by atoms with E-state index in [1.54, 1.807) is 13.1 Å². The minimum atomic E-state index is -0.0669. The molecule has 0 atom stereocenters. The van der Waals surface area contributed by atoms with E-state index >= 15 is 0 Å². The molecule has 0 bridgehead atoms. The van der Waals surface area contributed by atoms with Crippen molar-refractivity contribution in [2.24, 2.45) is 7.05 Å². The lowest BCUT2D eigenvalue weighted by molar-refractivity contribution is 0.112. The molecule has 2 heterocycles. The molecular formula is C10H10N2O2S. The van der Waals surface area contributed by atoms with E-state index in [2.05, 4.69) is 5.10 Å². The van der Waals surface area contributed by atoms with Gasteiger partial charge in [0.2, 0.25) is 0 Å². The van der Waals surface area contributed by atoms with Crippen LogP contribution in [0.2, 0.25) is 0 Å². The molecule has 1 N–H and O–H groups in total. The maximum Gasteiger partial charge on any atom is 0.274 e. The number of hydrogen-bond donors (Lipinski definition) is 1. The number of nitrogens with one attached hydrogen (secondary N) is 1. The van der Waals surface area contributed by atoms with Crippen LogP contribution in [0.25, 0.3) is 11.1 Å². The number of carbonyl (C=O) groups excluding carboxylic acids is 1. The largest absolute Gasteiger partial charge is 0.300 e. The quantitative estimate of drug-likeness (QED) is 0.784. The minimum absolute atomic E-state index is 0.0669. The molecule has 78 valence electrons. The number of rotatable bonds is 2. The molecule has 4 nitrogen and oxygen atoms in total. The van der Waals surface area contributed by atoms with E-state index < -0.39 is 0 Å². The third-order valence-electron chi connectivity index (χ3n) is 2.25. The average Bonchev–Trinajstić information content (AvgIpc) is 2.74. The summed E-state index contributed by atoms with van der Waals surface area (Å²) in [5.74, 6) is 0. The summed E-state index contributed by atoms with van der Waals surface area (Å²) in [6.07, 6.45) is 0.792. The zero-order chi connectivity index (χ0) is 11.0. The van der Waals surface area contributed by atoms with E-state index in [9.17, 15) is 9.59 Å². The van der Waals surface area contributed by atoms with Crippen molar-refractivity contribution in [1.29, 1.82) is 0 Å². The number of H-pyrrole nitrogens is 1. The number of aromatic amines is 1. The number of thiophene rings is 1. The van der Waals surface area contributed by atoms with Gasteiger partial charge in [0.15, 0.2) is 6.29 Å². The summed E-state index contributed by atoms with van der Waals surface area (Å²) < 4.78 is 1.43. The van der Waals surface area contributed by atoms with E-state index in [-0.39, 0.29) is 5.56 Å².